The second-order valence-electron chi connectivity index (χ2n) is 6.35. The van der Waals surface area contributed by atoms with Crippen molar-refractivity contribution >= 4 is 21.7 Å². The summed E-state index contributed by atoms with van der Waals surface area (Å²) in [6.45, 7) is 6.00. The lowest BCUT2D eigenvalue weighted by Gasteiger charge is -2.19. The molecule has 0 unspecified atom stereocenters. The van der Waals surface area contributed by atoms with E-state index in [2.05, 4.69) is 4.72 Å². The van der Waals surface area contributed by atoms with Crippen LogP contribution in [-0.4, -0.2) is 19.5 Å². The number of anilines is 1. The Morgan fingerprint density at radius 2 is 1.67 bits per heavy atom. The molecule has 0 aliphatic heterocycles. The summed E-state index contributed by atoms with van der Waals surface area (Å²) in [6, 6.07) is 9.65. The van der Waals surface area contributed by atoms with E-state index >= 15 is 0 Å². The van der Waals surface area contributed by atoms with Gasteiger partial charge in [-0.3, -0.25) is 4.72 Å². The van der Waals surface area contributed by atoms with Gasteiger partial charge in [0.15, 0.2) is 0 Å². The van der Waals surface area contributed by atoms with E-state index in [1.165, 1.54) is 24.3 Å². The van der Waals surface area contributed by atoms with Crippen molar-refractivity contribution < 1.29 is 22.7 Å². The normalized spacial score (nSPS) is 12.0. The van der Waals surface area contributed by atoms with Crippen LogP contribution in [0.1, 0.15) is 36.7 Å². The number of carbonyl (C=O) groups is 1. The summed E-state index contributed by atoms with van der Waals surface area (Å²) in [5.74, 6) is -2.56. The molecule has 0 fully saturated rings. The first-order valence-electron chi connectivity index (χ1n) is 7.17. The standard InChI is InChI=1S/C17H18FNO4S/c1-17(2,3)11-7-9-12(10-8-11)24(22,23)19-14-6-4-5-13(18)15(14)16(20)21/h4-10,19H,1-3H3,(H,20,21). The Morgan fingerprint density at radius 3 is 2.17 bits per heavy atom. The number of benzene rings is 2. The van der Waals surface area contributed by atoms with Crippen molar-refractivity contribution in [3.8, 4) is 0 Å². The number of aromatic carboxylic acids is 1. The molecule has 0 spiro atoms. The Hall–Kier alpha value is -2.41. The van der Waals surface area contributed by atoms with Crippen LogP contribution in [0.4, 0.5) is 10.1 Å². The second-order valence-corrected chi connectivity index (χ2v) is 8.03. The summed E-state index contributed by atoms with van der Waals surface area (Å²) in [5.41, 5.74) is -0.206. The number of sulfonamides is 1. The number of rotatable bonds is 4. The van der Waals surface area contributed by atoms with E-state index < -0.39 is 27.4 Å². The molecule has 2 N–H and O–H groups in total. The van der Waals surface area contributed by atoms with Gasteiger partial charge in [0, 0.05) is 0 Å². The Kier molecular flexibility index (Phi) is 4.66. The molecule has 0 radical (unpaired) electrons. The SMILES string of the molecule is CC(C)(C)c1ccc(S(=O)(=O)Nc2cccc(F)c2C(=O)O)cc1. The highest BCUT2D eigenvalue weighted by atomic mass is 32.2. The molecule has 0 aromatic heterocycles. The van der Waals surface area contributed by atoms with Crippen LogP contribution in [0.2, 0.25) is 0 Å². The lowest BCUT2D eigenvalue weighted by Crippen LogP contribution is -2.17. The van der Waals surface area contributed by atoms with Gasteiger partial charge in [0.1, 0.15) is 11.4 Å². The Balaban J connectivity index is 2.40. The molecular formula is C17H18FNO4S. The van der Waals surface area contributed by atoms with Gasteiger partial charge in [-0.05, 0) is 35.2 Å². The third-order valence-electron chi connectivity index (χ3n) is 3.50. The van der Waals surface area contributed by atoms with Gasteiger partial charge < -0.3 is 5.11 Å². The summed E-state index contributed by atoms with van der Waals surface area (Å²) in [5, 5.41) is 9.06. The van der Waals surface area contributed by atoms with Gasteiger partial charge in [0.05, 0.1) is 10.6 Å². The van der Waals surface area contributed by atoms with Gasteiger partial charge in [0.2, 0.25) is 0 Å². The molecular weight excluding hydrogens is 333 g/mol. The van der Waals surface area contributed by atoms with Gasteiger partial charge in [-0.2, -0.15) is 0 Å². The molecule has 0 saturated heterocycles. The van der Waals surface area contributed by atoms with Crippen LogP contribution in [0.5, 0.6) is 0 Å². The number of carboxylic acid groups (broad SMARTS) is 1. The monoisotopic (exact) mass is 351 g/mol. The zero-order chi connectivity index (χ0) is 18.1. The zero-order valence-electron chi connectivity index (χ0n) is 13.5. The molecule has 0 amide bonds. The van der Waals surface area contributed by atoms with Gasteiger partial charge in [-0.15, -0.1) is 0 Å². The largest absolute Gasteiger partial charge is 0.478 e. The highest BCUT2D eigenvalue weighted by Crippen LogP contribution is 2.26. The lowest BCUT2D eigenvalue weighted by atomic mass is 9.87. The van der Waals surface area contributed by atoms with Crippen LogP contribution in [-0.2, 0) is 15.4 Å². The number of hydrogen-bond donors (Lipinski definition) is 2. The van der Waals surface area contributed by atoms with E-state index in [1.807, 2.05) is 20.8 Å². The second kappa shape index (κ2) is 6.24. The van der Waals surface area contributed by atoms with Crippen molar-refractivity contribution in [2.75, 3.05) is 4.72 Å². The number of halogens is 1. The van der Waals surface area contributed by atoms with Crippen molar-refractivity contribution in [1.29, 1.82) is 0 Å². The molecule has 24 heavy (non-hydrogen) atoms. The highest BCUT2D eigenvalue weighted by molar-refractivity contribution is 7.92. The molecule has 2 aromatic rings. The number of carboxylic acids is 1. The maximum atomic E-state index is 13.6. The summed E-state index contributed by atoms with van der Waals surface area (Å²) in [6.07, 6.45) is 0. The predicted octanol–water partition coefficient (Wildman–Crippen LogP) is 3.62. The molecule has 2 aromatic carbocycles. The zero-order valence-corrected chi connectivity index (χ0v) is 14.3. The molecule has 0 bridgehead atoms. The van der Waals surface area contributed by atoms with Crippen LogP contribution in [0, 0.1) is 5.82 Å². The first-order valence-corrected chi connectivity index (χ1v) is 8.66. The van der Waals surface area contributed by atoms with E-state index in [4.69, 9.17) is 5.11 Å². The van der Waals surface area contributed by atoms with E-state index in [1.54, 1.807) is 12.1 Å². The molecule has 5 nitrogen and oxygen atoms in total. The van der Waals surface area contributed by atoms with E-state index in [0.717, 1.165) is 11.6 Å². The summed E-state index contributed by atoms with van der Waals surface area (Å²) in [7, 11) is -4.03. The first kappa shape index (κ1) is 17.9. The fourth-order valence-electron chi connectivity index (χ4n) is 2.16. The fraction of sp³-hybridized carbons (Fsp3) is 0.235. The maximum absolute atomic E-state index is 13.6. The summed E-state index contributed by atoms with van der Waals surface area (Å²) < 4.78 is 40.6. The molecule has 0 saturated carbocycles. The number of nitrogens with one attached hydrogen (secondary N) is 1. The summed E-state index contributed by atoms with van der Waals surface area (Å²) in [4.78, 5) is 11.1. The van der Waals surface area contributed by atoms with Crippen molar-refractivity contribution in [1.82, 2.24) is 0 Å². The molecule has 7 heteroatoms. The van der Waals surface area contributed by atoms with Crippen molar-refractivity contribution in [3.05, 3.63) is 59.4 Å². The van der Waals surface area contributed by atoms with Gasteiger partial charge in [-0.1, -0.05) is 39.0 Å². The van der Waals surface area contributed by atoms with Crippen LogP contribution >= 0.6 is 0 Å². The minimum Gasteiger partial charge on any atom is -0.478 e. The quantitative estimate of drug-likeness (QED) is 0.881. The number of hydrogen-bond acceptors (Lipinski definition) is 3. The van der Waals surface area contributed by atoms with E-state index in [9.17, 15) is 17.6 Å². The van der Waals surface area contributed by atoms with Crippen LogP contribution < -0.4 is 4.72 Å². The topological polar surface area (TPSA) is 83.5 Å². The van der Waals surface area contributed by atoms with Crippen molar-refractivity contribution in [3.63, 3.8) is 0 Å². The third-order valence-corrected chi connectivity index (χ3v) is 4.88. The van der Waals surface area contributed by atoms with Gasteiger partial charge in [0.25, 0.3) is 10.0 Å². The fourth-order valence-corrected chi connectivity index (χ4v) is 3.24. The molecule has 0 aliphatic carbocycles. The highest BCUT2D eigenvalue weighted by Gasteiger charge is 2.22. The molecule has 0 aliphatic rings. The average Bonchev–Trinajstić information content (AvgIpc) is 2.45. The smallest absolute Gasteiger partial charge is 0.340 e. The summed E-state index contributed by atoms with van der Waals surface area (Å²) >= 11 is 0. The Morgan fingerprint density at radius 1 is 1.08 bits per heavy atom. The van der Waals surface area contributed by atoms with Gasteiger partial charge >= 0.3 is 5.97 Å². The van der Waals surface area contributed by atoms with Crippen LogP contribution in [0.3, 0.4) is 0 Å². The molecule has 0 atom stereocenters. The van der Waals surface area contributed by atoms with Crippen molar-refractivity contribution in [2.24, 2.45) is 0 Å². The van der Waals surface area contributed by atoms with Gasteiger partial charge in [-0.25, -0.2) is 17.6 Å². The van der Waals surface area contributed by atoms with Crippen molar-refractivity contribution in [2.45, 2.75) is 31.1 Å². The van der Waals surface area contributed by atoms with Crippen LogP contribution in [0.15, 0.2) is 47.4 Å². The minimum absolute atomic E-state index is 0.0314. The lowest BCUT2D eigenvalue weighted by molar-refractivity contribution is 0.0693. The van der Waals surface area contributed by atoms with Crippen LogP contribution in [0.25, 0.3) is 0 Å². The molecule has 128 valence electrons. The third kappa shape index (κ3) is 3.73. The Bertz CT molecular complexity index is 868. The Labute approximate surface area is 140 Å². The van der Waals surface area contributed by atoms with E-state index in [-0.39, 0.29) is 16.0 Å². The maximum Gasteiger partial charge on any atom is 0.340 e. The first-order chi connectivity index (χ1) is 11.0. The minimum atomic E-state index is -4.03. The molecule has 2 rings (SSSR count). The average molecular weight is 351 g/mol. The molecule has 0 heterocycles. The predicted molar refractivity (Wildman–Crippen MR) is 89.3 cm³/mol. The van der Waals surface area contributed by atoms with E-state index in [0.29, 0.717) is 0 Å².